The average molecular weight is 409 g/mol. The lowest BCUT2D eigenvalue weighted by Gasteiger charge is -2.36. The molecule has 0 bridgehead atoms. The Bertz CT molecular complexity index is 1050. The number of nitrogens with one attached hydrogen (secondary N) is 2. The molecule has 7 nitrogen and oxygen atoms in total. The van der Waals surface area contributed by atoms with Crippen LogP contribution in [0.5, 0.6) is 0 Å². The molecule has 2 atom stereocenters. The number of H-pyrrole nitrogens is 1. The summed E-state index contributed by atoms with van der Waals surface area (Å²) < 4.78 is 0. The zero-order valence-corrected chi connectivity index (χ0v) is 17.7. The SMILES string of the molecule is CC(C)C[C@H](C(=O)NC1CC1)N1C(=O)N2CCc3c([nH]c4ccccc34)[C@@]2(C)C1=O. The van der Waals surface area contributed by atoms with Crippen LogP contribution >= 0.6 is 0 Å². The summed E-state index contributed by atoms with van der Waals surface area (Å²) in [7, 11) is 0. The third kappa shape index (κ3) is 2.67. The fourth-order valence-corrected chi connectivity index (χ4v) is 4.99. The molecule has 30 heavy (non-hydrogen) atoms. The number of amides is 4. The highest BCUT2D eigenvalue weighted by Gasteiger charge is 2.60. The van der Waals surface area contributed by atoms with Crippen molar-refractivity contribution in [2.24, 2.45) is 5.92 Å². The van der Waals surface area contributed by atoms with Crippen LogP contribution in [0.15, 0.2) is 24.3 Å². The van der Waals surface area contributed by atoms with Gasteiger partial charge in [0.2, 0.25) is 5.91 Å². The molecule has 2 fully saturated rings. The van der Waals surface area contributed by atoms with Gasteiger partial charge in [0, 0.05) is 23.5 Å². The van der Waals surface area contributed by atoms with E-state index in [9.17, 15) is 14.4 Å². The van der Waals surface area contributed by atoms with E-state index >= 15 is 0 Å². The van der Waals surface area contributed by atoms with Gasteiger partial charge in [0.05, 0.1) is 5.69 Å². The number of benzene rings is 1. The first kappa shape index (κ1) is 19.2. The van der Waals surface area contributed by atoms with E-state index in [2.05, 4.69) is 10.3 Å². The van der Waals surface area contributed by atoms with Gasteiger partial charge in [-0.2, -0.15) is 0 Å². The van der Waals surface area contributed by atoms with E-state index in [-0.39, 0.29) is 29.8 Å². The molecular formula is C23H28N4O3. The van der Waals surface area contributed by atoms with Crippen LogP contribution in [0, 0.1) is 5.92 Å². The third-order valence-corrected chi connectivity index (χ3v) is 6.73. The van der Waals surface area contributed by atoms with Crippen LogP contribution in [0.3, 0.4) is 0 Å². The van der Waals surface area contributed by atoms with Gasteiger partial charge in [0.15, 0.2) is 5.54 Å². The van der Waals surface area contributed by atoms with Crippen molar-refractivity contribution in [2.45, 2.75) is 64.1 Å². The monoisotopic (exact) mass is 408 g/mol. The van der Waals surface area contributed by atoms with E-state index in [1.165, 1.54) is 4.90 Å². The number of imide groups is 1. The lowest BCUT2D eigenvalue weighted by molar-refractivity contribution is -0.140. The lowest BCUT2D eigenvalue weighted by atomic mass is 9.87. The number of carbonyl (C=O) groups excluding carboxylic acids is 3. The first-order chi connectivity index (χ1) is 14.3. The maximum absolute atomic E-state index is 13.8. The van der Waals surface area contributed by atoms with E-state index in [1.807, 2.05) is 45.0 Å². The molecule has 3 heterocycles. The van der Waals surface area contributed by atoms with Gasteiger partial charge in [-0.05, 0) is 50.2 Å². The van der Waals surface area contributed by atoms with Gasteiger partial charge >= 0.3 is 6.03 Å². The molecule has 4 amide bonds. The Balaban J connectivity index is 1.57. The van der Waals surface area contributed by atoms with E-state index < -0.39 is 11.6 Å². The summed E-state index contributed by atoms with van der Waals surface area (Å²) >= 11 is 0. The van der Waals surface area contributed by atoms with Crippen molar-refractivity contribution in [1.29, 1.82) is 0 Å². The minimum Gasteiger partial charge on any atom is -0.356 e. The van der Waals surface area contributed by atoms with Crippen LogP contribution in [-0.2, 0) is 21.5 Å². The molecule has 2 aliphatic heterocycles. The van der Waals surface area contributed by atoms with E-state index in [1.54, 1.807) is 4.90 Å². The van der Waals surface area contributed by atoms with Gasteiger partial charge in [-0.15, -0.1) is 0 Å². The number of urea groups is 1. The minimum absolute atomic E-state index is 0.176. The predicted octanol–water partition coefficient (Wildman–Crippen LogP) is 2.90. The van der Waals surface area contributed by atoms with Gasteiger partial charge in [0.1, 0.15) is 6.04 Å². The highest BCUT2D eigenvalue weighted by Crippen LogP contribution is 2.45. The number of rotatable bonds is 5. The second-order valence-corrected chi connectivity index (χ2v) is 9.38. The molecule has 1 aromatic carbocycles. The van der Waals surface area contributed by atoms with Crippen molar-refractivity contribution in [2.75, 3.05) is 6.54 Å². The van der Waals surface area contributed by atoms with Crippen LogP contribution in [0.25, 0.3) is 10.9 Å². The molecule has 1 saturated carbocycles. The topological polar surface area (TPSA) is 85.5 Å². The fraction of sp³-hybridized carbons (Fsp3) is 0.522. The van der Waals surface area contributed by atoms with Crippen LogP contribution in [-0.4, -0.2) is 51.3 Å². The van der Waals surface area contributed by atoms with Crippen molar-refractivity contribution < 1.29 is 14.4 Å². The quantitative estimate of drug-likeness (QED) is 0.746. The molecule has 0 spiro atoms. The molecule has 2 aromatic rings. The highest BCUT2D eigenvalue weighted by molar-refractivity contribution is 6.11. The summed E-state index contributed by atoms with van der Waals surface area (Å²) in [6, 6.07) is 7.03. The number of fused-ring (bicyclic) bond motifs is 5. The van der Waals surface area contributed by atoms with Crippen molar-refractivity contribution in [3.63, 3.8) is 0 Å². The van der Waals surface area contributed by atoms with Crippen molar-refractivity contribution in [1.82, 2.24) is 20.1 Å². The lowest BCUT2D eigenvalue weighted by Crippen LogP contribution is -2.51. The van der Waals surface area contributed by atoms with Crippen LogP contribution in [0.2, 0.25) is 0 Å². The smallest absolute Gasteiger partial charge is 0.328 e. The second kappa shape index (κ2) is 6.59. The van der Waals surface area contributed by atoms with Gasteiger partial charge in [-0.3, -0.25) is 9.59 Å². The number of para-hydroxylation sites is 1. The Morgan fingerprint density at radius 1 is 1.27 bits per heavy atom. The number of hydrogen-bond acceptors (Lipinski definition) is 3. The summed E-state index contributed by atoms with van der Waals surface area (Å²) in [5, 5.41) is 4.10. The first-order valence-electron chi connectivity index (χ1n) is 10.9. The maximum Gasteiger partial charge on any atom is 0.328 e. The van der Waals surface area contributed by atoms with Crippen molar-refractivity contribution in [3.05, 3.63) is 35.5 Å². The Hall–Kier alpha value is -2.83. The minimum atomic E-state index is -1.11. The van der Waals surface area contributed by atoms with Crippen LogP contribution in [0.1, 0.15) is 51.3 Å². The molecular weight excluding hydrogens is 380 g/mol. The molecule has 158 valence electrons. The Labute approximate surface area is 175 Å². The largest absolute Gasteiger partial charge is 0.356 e. The van der Waals surface area contributed by atoms with Gasteiger partial charge in [-0.1, -0.05) is 32.0 Å². The molecule has 0 radical (unpaired) electrons. The first-order valence-corrected chi connectivity index (χ1v) is 10.9. The van der Waals surface area contributed by atoms with E-state index in [0.717, 1.165) is 35.0 Å². The molecule has 2 N–H and O–H groups in total. The van der Waals surface area contributed by atoms with Gasteiger partial charge in [-0.25, -0.2) is 9.69 Å². The summed E-state index contributed by atoms with van der Waals surface area (Å²) in [6.45, 7) is 6.29. The Morgan fingerprint density at radius 2 is 2.00 bits per heavy atom. The normalized spacial score (nSPS) is 24.4. The van der Waals surface area contributed by atoms with Gasteiger partial charge in [0.25, 0.3) is 5.91 Å². The second-order valence-electron chi connectivity index (χ2n) is 9.38. The molecule has 1 aliphatic carbocycles. The number of hydrogen-bond donors (Lipinski definition) is 2. The standard InChI is InChI=1S/C23H28N4O3/c1-13(2)12-18(20(28)24-14-8-9-14)27-21(29)23(3)19-16(10-11-26(23)22(27)30)15-6-4-5-7-17(15)25-19/h4-7,13-14,18,25H,8-12H2,1-3H3,(H,24,28)/t18-,23+/m1/s1. The number of nitrogens with zero attached hydrogens (tertiary/aromatic N) is 2. The zero-order valence-electron chi connectivity index (χ0n) is 17.7. The molecule has 0 unspecified atom stereocenters. The molecule has 1 saturated heterocycles. The highest BCUT2D eigenvalue weighted by atomic mass is 16.2. The summed E-state index contributed by atoms with van der Waals surface area (Å²) in [4.78, 5) is 46.6. The Kier molecular flexibility index (Phi) is 4.21. The van der Waals surface area contributed by atoms with E-state index in [0.29, 0.717) is 19.4 Å². The number of carbonyl (C=O) groups is 3. The summed E-state index contributed by atoms with van der Waals surface area (Å²) in [6.07, 6.45) is 3.07. The third-order valence-electron chi connectivity index (χ3n) is 6.73. The van der Waals surface area contributed by atoms with Crippen LogP contribution in [0.4, 0.5) is 4.79 Å². The zero-order chi connectivity index (χ0) is 21.2. The molecule has 5 rings (SSSR count). The van der Waals surface area contributed by atoms with Gasteiger partial charge < -0.3 is 15.2 Å². The Morgan fingerprint density at radius 3 is 2.70 bits per heavy atom. The summed E-state index contributed by atoms with van der Waals surface area (Å²) in [5.74, 6) is -0.348. The number of aromatic nitrogens is 1. The van der Waals surface area contributed by atoms with Crippen LogP contribution < -0.4 is 5.32 Å². The molecule has 1 aromatic heterocycles. The predicted molar refractivity (Wildman–Crippen MR) is 113 cm³/mol. The molecule has 7 heteroatoms. The maximum atomic E-state index is 13.8. The van der Waals surface area contributed by atoms with Crippen molar-refractivity contribution >= 4 is 28.7 Å². The van der Waals surface area contributed by atoms with E-state index in [4.69, 9.17) is 0 Å². The van der Waals surface area contributed by atoms with Crippen molar-refractivity contribution in [3.8, 4) is 0 Å². The fourth-order valence-electron chi connectivity index (χ4n) is 4.99. The number of aromatic amines is 1. The molecule has 3 aliphatic rings. The summed E-state index contributed by atoms with van der Waals surface area (Å²) in [5.41, 5.74) is 1.73. The average Bonchev–Trinajstić information content (AvgIpc) is 3.39.